The molecular weight excluding hydrogens is 264 g/mol. The molecule has 2 heterocycles. The van der Waals surface area contributed by atoms with Gasteiger partial charge in [-0.2, -0.15) is 0 Å². The van der Waals surface area contributed by atoms with Crippen molar-refractivity contribution in [3.05, 3.63) is 53.1 Å². The minimum atomic E-state index is 0.0420. The first-order chi connectivity index (χ1) is 10.1. The molecule has 2 aromatic rings. The van der Waals surface area contributed by atoms with Crippen LogP contribution in [-0.4, -0.2) is 28.5 Å². The predicted molar refractivity (Wildman–Crippen MR) is 82.8 cm³/mol. The summed E-state index contributed by atoms with van der Waals surface area (Å²) in [5.41, 5.74) is 3.49. The van der Waals surface area contributed by atoms with Crippen molar-refractivity contribution in [3.8, 4) is 0 Å². The second-order valence-corrected chi connectivity index (χ2v) is 5.23. The minimum absolute atomic E-state index is 0.0420. The van der Waals surface area contributed by atoms with Crippen LogP contribution in [0.3, 0.4) is 0 Å². The van der Waals surface area contributed by atoms with Crippen molar-refractivity contribution >= 4 is 5.78 Å². The molecule has 2 rings (SSSR count). The Morgan fingerprint density at radius 1 is 1.33 bits per heavy atom. The van der Waals surface area contributed by atoms with E-state index in [-0.39, 0.29) is 11.8 Å². The number of ketones is 1. The topological polar surface area (TPSA) is 44.1 Å². The Kier molecular flexibility index (Phi) is 4.91. The van der Waals surface area contributed by atoms with E-state index in [9.17, 15) is 4.79 Å². The number of ether oxygens (including phenoxy) is 1. The zero-order valence-electron chi connectivity index (χ0n) is 13.1. The Balaban J connectivity index is 2.33. The summed E-state index contributed by atoms with van der Waals surface area (Å²) in [6, 6.07) is 5.67. The molecule has 0 N–H and O–H groups in total. The maximum atomic E-state index is 12.6. The van der Waals surface area contributed by atoms with E-state index in [1.165, 1.54) is 0 Å². The van der Waals surface area contributed by atoms with Crippen molar-refractivity contribution < 1.29 is 9.53 Å². The van der Waals surface area contributed by atoms with E-state index in [1.807, 2.05) is 26.8 Å². The number of aryl methyl sites for hydroxylation is 1. The number of pyridine rings is 1. The molecule has 0 aliphatic carbocycles. The summed E-state index contributed by atoms with van der Waals surface area (Å²) in [6.45, 7) is 9.46. The van der Waals surface area contributed by atoms with Gasteiger partial charge in [0, 0.05) is 41.5 Å². The van der Waals surface area contributed by atoms with Crippen molar-refractivity contribution in [2.45, 2.75) is 33.7 Å². The standard InChI is InChI=1S/C17H22N2O2/c1-5-21-11-13(3)19-12(2)10-16(14(19)4)17(20)15-6-8-18-9-7-15/h6-10,13H,5,11H2,1-4H3. The van der Waals surface area contributed by atoms with Crippen LogP contribution in [0.2, 0.25) is 0 Å². The van der Waals surface area contributed by atoms with Crippen LogP contribution >= 0.6 is 0 Å². The van der Waals surface area contributed by atoms with Gasteiger partial charge >= 0.3 is 0 Å². The molecule has 0 amide bonds. The molecule has 0 aliphatic rings. The van der Waals surface area contributed by atoms with Crippen molar-refractivity contribution in [3.63, 3.8) is 0 Å². The number of carbonyl (C=O) groups is 1. The fourth-order valence-electron chi connectivity index (χ4n) is 2.71. The number of carbonyl (C=O) groups excluding carboxylic acids is 1. The first kappa shape index (κ1) is 15.4. The first-order valence-corrected chi connectivity index (χ1v) is 7.27. The van der Waals surface area contributed by atoms with Gasteiger partial charge in [-0.1, -0.05) is 0 Å². The Labute approximate surface area is 125 Å². The lowest BCUT2D eigenvalue weighted by Crippen LogP contribution is -2.15. The Hall–Kier alpha value is -1.94. The summed E-state index contributed by atoms with van der Waals surface area (Å²) < 4.78 is 7.67. The third-order valence-corrected chi connectivity index (χ3v) is 3.68. The van der Waals surface area contributed by atoms with Crippen molar-refractivity contribution in [2.75, 3.05) is 13.2 Å². The van der Waals surface area contributed by atoms with Crippen LogP contribution in [0.5, 0.6) is 0 Å². The van der Waals surface area contributed by atoms with Crippen LogP contribution in [0.4, 0.5) is 0 Å². The fourth-order valence-corrected chi connectivity index (χ4v) is 2.71. The number of hydrogen-bond acceptors (Lipinski definition) is 3. The normalized spacial score (nSPS) is 12.4. The monoisotopic (exact) mass is 286 g/mol. The molecule has 0 bridgehead atoms. The number of nitrogens with zero attached hydrogens (tertiary/aromatic N) is 2. The SMILES string of the molecule is CCOCC(C)n1c(C)cc(C(=O)c2ccncc2)c1C. The van der Waals surface area contributed by atoms with Crippen molar-refractivity contribution in [1.29, 1.82) is 0 Å². The van der Waals surface area contributed by atoms with E-state index in [4.69, 9.17) is 4.74 Å². The van der Waals surface area contributed by atoms with E-state index < -0.39 is 0 Å². The lowest BCUT2D eigenvalue weighted by molar-refractivity contribution is 0.103. The molecule has 0 fully saturated rings. The van der Waals surface area contributed by atoms with E-state index in [0.717, 1.165) is 17.0 Å². The van der Waals surface area contributed by atoms with E-state index in [2.05, 4.69) is 16.5 Å². The molecule has 0 radical (unpaired) electrons. The van der Waals surface area contributed by atoms with Crippen molar-refractivity contribution in [1.82, 2.24) is 9.55 Å². The first-order valence-electron chi connectivity index (χ1n) is 7.27. The van der Waals surface area contributed by atoms with Gasteiger partial charge in [0.1, 0.15) is 0 Å². The Morgan fingerprint density at radius 2 is 2.00 bits per heavy atom. The minimum Gasteiger partial charge on any atom is -0.380 e. The van der Waals surface area contributed by atoms with Crippen LogP contribution in [-0.2, 0) is 4.74 Å². The highest BCUT2D eigenvalue weighted by Gasteiger charge is 2.19. The molecule has 0 spiro atoms. The molecule has 0 aliphatic heterocycles. The highest BCUT2D eigenvalue weighted by Crippen LogP contribution is 2.23. The summed E-state index contributed by atoms with van der Waals surface area (Å²) in [7, 11) is 0. The third kappa shape index (κ3) is 3.22. The molecule has 4 nitrogen and oxygen atoms in total. The lowest BCUT2D eigenvalue weighted by atomic mass is 10.1. The quantitative estimate of drug-likeness (QED) is 0.765. The molecule has 0 saturated carbocycles. The van der Waals surface area contributed by atoms with E-state index >= 15 is 0 Å². The summed E-state index contributed by atoms with van der Waals surface area (Å²) in [5, 5.41) is 0. The Bertz CT molecular complexity index is 617. The zero-order chi connectivity index (χ0) is 15.4. The molecule has 21 heavy (non-hydrogen) atoms. The molecule has 0 saturated heterocycles. The molecular formula is C17H22N2O2. The third-order valence-electron chi connectivity index (χ3n) is 3.68. The highest BCUT2D eigenvalue weighted by atomic mass is 16.5. The Morgan fingerprint density at radius 3 is 2.62 bits per heavy atom. The van der Waals surface area contributed by atoms with Gasteiger partial charge < -0.3 is 9.30 Å². The fraction of sp³-hybridized carbons (Fsp3) is 0.412. The number of rotatable bonds is 6. The summed E-state index contributed by atoms with van der Waals surface area (Å²) >= 11 is 0. The average molecular weight is 286 g/mol. The molecule has 1 atom stereocenters. The maximum Gasteiger partial charge on any atom is 0.194 e. The van der Waals surface area contributed by atoms with Gasteiger partial charge in [0.25, 0.3) is 0 Å². The zero-order valence-corrected chi connectivity index (χ0v) is 13.1. The highest BCUT2D eigenvalue weighted by molar-refractivity contribution is 6.09. The van der Waals surface area contributed by atoms with Gasteiger partial charge in [-0.25, -0.2) is 0 Å². The van der Waals surface area contributed by atoms with Crippen LogP contribution in [0.1, 0.15) is 47.2 Å². The van der Waals surface area contributed by atoms with Gasteiger partial charge in [-0.05, 0) is 45.9 Å². The molecule has 1 unspecified atom stereocenters. The average Bonchev–Trinajstić information content (AvgIpc) is 2.80. The van der Waals surface area contributed by atoms with Crippen molar-refractivity contribution in [2.24, 2.45) is 0 Å². The lowest BCUT2D eigenvalue weighted by Gasteiger charge is -2.18. The maximum absolute atomic E-state index is 12.6. The van der Waals surface area contributed by atoms with Gasteiger partial charge in [0.2, 0.25) is 0 Å². The van der Waals surface area contributed by atoms with Gasteiger partial charge in [0.05, 0.1) is 12.6 Å². The summed E-state index contributed by atoms with van der Waals surface area (Å²) in [5.74, 6) is 0.0420. The van der Waals surface area contributed by atoms with E-state index in [0.29, 0.717) is 18.8 Å². The van der Waals surface area contributed by atoms with Crippen LogP contribution in [0.15, 0.2) is 30.6 Å². The molecule has 2 aromatic heterocycles. The largest absolute Gasteiger partial charge is 0.380 e. The smallest absolute Gasteiger partial charge is 0.194 e. The van der Waals surface area contributed by atoms with Gasteiger partial charge in [-0.15, -0.1) is 0 Å². The van der Waals surface area contributed by atoms with Crippen LogP contribution < -0.4 is 0 Å². The second kappa shape index (κ2) is 6.68. The van der Waals surface area contributed by atoms with Crippen LogP contribution in [0, 0.1) is 13.8 Å². The second-order valence-electron chi connectivity index (χ2n) is 5.23. The van der Waals surface area contributed by atoms with Crippen LogP contribution in [0.25, 0.3) is 0 Å². The summed E-state index contributed by atoms with van der Waals surface area (Å²) in [6.07, 6.45) is 3.29. The number of aromatic nitrogens is 2. The molecule has 0 aromatic carbocycles. The van der Waals surface area contributed by atoms with Gasteiger partial charge in [-0.3, -0.25) is 9.78 Å². The van der Waals surface area contributed by atoms with E-state index in [1.54, 1.807) is 24.5 Å². The van der Waals surface area contributed by atoms with Gasteiger partial charge in [0.15, 0.2) is 5.78 Å². The summed E-state index contributed by atoms with van der Waals surface area (Å²) in [4.78, 5) is 16.6. The molecule has 112 valence electrons. The predicted octanol–water partition coefficient (Wildman–Crippen LogP) is 3.33. The molecule has 4 heteroatoms. The number of hydrogen-bond donors (Lipinski definition) is 0.